The molecule has 9 heteroatoms. The van der Waals surface area contributed by atoms with E-state index in [1.807, 2.05) is 30.3 Å². The summed E-state index contributed by atoms with van der Waals surface area (Å²) in [6.07, 6.45) is 4.85. The van der Waals surface area contributed by atoms with Crippen LogP contribution in [0.1, 0.15) is 43.8 Å². The summed E-state index contributed by atoms with van der Waals surface area (Å²) in [5.41, 5.74) is 3.96. The van der Waals surface area contributed by atoms with Crippen LogP contribution in [0.3, 0.4) is 0 Å². The Morgan fingerprint density at radius 2 is 1.89 bits per heavy atom. The SMILES string of the molecule is CCCCc1nc2c(n1Cc1ccc(-c3ccccc3S(N)(=O)=O)cc1)C=C(C(=O)OCC)CS2. The molecule has 0 atom stereocenters. The maximum atomic E-state index is 12.3. The molecule has 0 aliphatic carbocycles. The van der Waals surface area contributed by atoms with E-state index >= 15 is 0 Å². The maximum absolute atomic E-state index is 12.3. The fourth-order valence-corrected chi connectivity index (χ4v) is 5.80. The quantitative estimate of drug-likeness (QED) is 0.420. The summed E-state index contributed by atoms with van der Waals surface area (Å²) in [4.78, 5) is 17.3. The van der Waals surface area contributed by atoms with Crippen LogP contribution in [0, 0.1) is 0 Å². The van der Waals surface area contributed by atoms with Gasteiger partial charge < -0.3 is 9.30 Å². The normalized spacial score (nSPS) is 13.3. The van der Waals surface area contributed by atoms with Crippen molar-refractivity contribution in [1.82, 2.24) is 9.55 Å². The highest BCUT2D eigenvalue weighted by Crippen LogP contribution is 2.34. The standard InChI is InChI=1S/C26H29N3O4S2/c1-3-5-10-24-28-25-22(15-20(17-34-25)26(30)33-4-2)29(24)16-18-11-13-19(14-12-18)21-8-6-7-9-23(21)35(27,31)32/h6-9,11-15H,3-5,10,16-17H2,1-2H3,(H2,27,31,32). The fourth-order valence-electron chi connectivity index (χ4n) is 4.06. The van der Waals surface area contributed by atoms with Gasteiger partial charge in [0.15, 0.2) is 0 Å². The van der Waals surface area contributed by atoms with Crippen LogP contribution in [0.25, 0.3) is 17.2 Å². The molecule has 0 saturated heterocycles. The summed E-state index contributed by atoms with van der Waals surface area (Å²) in [7, 11) is -3.83. The molecule has 0 amide bonds. The number of aromatic nitrogens is 2. The molecule has 7 nitrogen and oxygen atoms in total. The molecular formula is C26H29N3O4S2. The van der Waals surface area contributed by atoms with E-state index in [-0.39, 0.29) is 10.9 Å². The number of hydrogen-bond donors (Lipinski definition) is 1. The zero-order valence-electron chi connectivity index (χ0n) is 19.9. The van der Waals surface area contributed by atoms with Gasteiger partial charge in [-0.1, -0.05) is 67.6 Å². The first-order valence-electron chi connectivity index (χ1n) is 11.6. The van der Waals surface area contributed by atoms with Crippen molar-refractivity contribution >= 4 is 33.8 Å². The molecule has 0 saturated carbocycles. The molecule has 0 bridgehead atoms. The number of esters is 1. The summed E-state index contributed by atoms with van der Waals surface area (Å²) < 4.78 is 31.4. The average molecular weight is 512 g/mol. The smallest absolute Gasteiger partial charge is 0.334 e. The number of nitrogens with two attached hydrogens (primary N) is 1. The van der Waals surface area contributed by atoms with E-state index < -0.39 is 10.0 Å². The molecule has 1 aliphatic rings. The minimum Gasteiger partial charge on any atom is -0.463 e. The van der Waals surface area contributed by atoms with Gasteiger partial charge in [0.05, 0.1) is 17.2 Å². The molecule has 2 N–H and O–H groups in total. The Balaban J connectivity index is 1.67. The zero-order chi connectivity index (χ0) is 25.0. The third kappa shape index (κ3) is 5.69. The van der Waals surface area contributed by atoms with E-state index in [9.17, 15) is 13.2 Å². The Bertz CT molecular complexity index is 1360. The molecule has 1 aromatic heterocycles. The van der Waals surface area contributed by atoms with Gasteiger partial charge in [0.2, 0.25) is 10.0 Å². The molecular weight excluding hydrogens is 482 g/mol. The summed E-state index contributed by atoms with van der Waals surface area (Å²) >= 11 is 1.56. The first kappa shape index (κ1) is 25.2. The summed E-state index contributed by atoms with van der Waals surface area (Å²) in [5, 5.41) is 6.34. The third-order valence-corrected chi connectivity index (χ3v) is 7.82. The number of carbonyl (C=O) groups excluding carboxylic acids is 1. The zero-order valence-corrected chi connectivity index (χ0v) is 21.5. The van der Waals surface area contributed by atoms with Gasteiger partial charge in [-0.15, -0.1) is 0 Å². The Hall–Kier alpha value is -2.88. The van der Waals surface area contributed by atoms with Crippen molar-refractivity contribution in [3.05, 3.63) is 71.2 Å². The van der Waals surface area contributed by atoms with Crippen LogP contribution in [-0.4, -0.2) is 36.3 Å². The molecule has 2 heterocycles. The second-order valence-electron chi connectivity index (χ2n) is 8.32. The minimum atomic E-state index is -3.83. The van der Waals surface area contributed by atoms with E-state index in [0.717, 1.165) is 46.9 Å². The molecule has 4 rings (SSSR count). The van der Waals surface area contributed by atoms with Gasteiger partial charge in [-0.25, -0.2) is 23.3 Å². The largest absolute Gasteiger partial charge is 0.463 e. The predicted octanol–water partition coefficient (Wildman–Crippen LogP) is 4.64. The number of fused-ring (bicyclic) bond motifs is 1. The molecule has 184 valence electrons. The van der Waals surface area contributed by atoms with Crippen LogP contribution in [-0.2, 0) is 32.5 Å². The maximum Gasteiger partial charge on any atom is 0.334 e. The van der Waals surface area contributed by atoms with E-state index in [1.54, 1.807) is 36.9 Å². The van der Waals surface area contributed by atoms with E-state index in [0.29, 0.717) is 30.0 Å². The van der Waals surface area contributed by atoms with E-state index in [1.165, 1.54) is 6.07 Å². The highest BCUT2D eigenvalue weighted by Gasteiger charge is 2.24. The van der Waals surface area contributed by atoms with Gasteiger partial charge in [0.1, 0.15) is 10.9 Å². The molecule has 0 unspecified atom stereocenters. The van der Waals surface area contributed by atoms with Crippen LogP contribution in [0.2, 0.25) is 0 Å². The minimum absolute atomic E-state index is 0.104. The fraction of sp³-hybridized carbons (Fsp3) is 0.308. The Morgan fingerprint density at radius 3 is 2.57 bits per heavy atom. The molecule has 1 aliphatic heterocycles. The lowest BCUT2D eigenvalue weighted by molar-refractivity contribution is -0.138. The summed E-state index contributed by atoms with van der Waals surface area (Å²) in [5.74, 6) is 1.26. The van der Waals surface area contributed by atoms with Crippen LogP contribution >= 0.6 is 11.8 Å². The Labute approximate surface area is 210 Å². The number of sulfonamides is 1. The van der Waals surface area contributed by atoms with Crippen LogP contribution in [0.4, 0.5) is 0 Å². The van der Waals surface area contributed by atoms with E-state index in [2.05, 4.69) is 11.5 Å². The lowest BCUT2D eigenvalue weighted by Gasteiger charge is -2.15. The molecule has 35 heavy (non-hydrogen) atoms. The van der Waals surface area contributed by atoms with Crippen molar-refractivity contribution in [2.45, 2.75) is 49.6 Å². The van der Waals surface area contributed by atoms with Gasteiger partial charge in [-0.05, 0) is 36.6 Å². The van der Waals surface area contributed by atoms with E-state index in [4.69, 9.17) is 14.9 Å². The molecule has 3 aromatic rings. The molecule has 2 aromatic carbocycles. The van der Waals surface area contributed by atoms with Gasteiger partial charge in [0.25, 0.3) is 0 Å². The number of carbonyl (C=O) groups is 1. The van der Waals surface area contributed by atoms with Crippen LogP contribution < -0.4 is 5.14 Å². The summed E-state index contributed by atoms with van der Waals surface area (Å²) in [6.45, 7) is 4.89. The average Bonchev–Trinajstić information content (AvgIpc) is 3.19. The first-order chi connectivity index (χ1) is 16.8. The molecule has 0 spiro atoms. The molecule has 0 radical (unpaired) electrons. The van der Waals surface area contributed by atoms with Gasteiger partial charge in [-0.3, -0.25) is 0 Å². The monoisotopic (exact) mass is 511 g/mol. The van der Waals surface area contributed by atoms with Gasteiger partial charge >= 0.3 is 5.97 Å². The second-order valence-corrected chi connectivity index (χ2v) is 10.8. The number of imidazole rings is 1. The highest BCUT2D eigenvalue weighted by atomic mass is 32.2. The van der Waals surface area contributed by atoms with Crippen LogP contribution in [0.15, 0.2) is 64.0 Å². The Kier molecular flexibility index (Phi) is 7.78. The van der Waals surface area contributed by atoms with Crippen molar-refractivity contribution in [2.24, 2.45) is 5.14 Å². The number of nitrogens with zero attached hydrogens (tertiary/aromatic N) is 2. The van der Waals surface area contributed by atoms with Gasteiger partial charge in [0, 0.05) is 29.9 Å². The number of benzene rings is 2. The topological polar surface area (TPSA) is 104 Å². The number of hydrogen-bond acceptors (Lipinski definition) is 6. The molecule has 0 fully saturated rings. The van der Waals surface area contributed by atoms with Crippen molar-refractivity contribution in [3.8, 4) is 11.1 Å². The van der Waals surface area contributed by atoms with Gasteiger partial charge in [-0.2, -0.15) is 0 Å². The number of aryl methyl sites for hydroxylation is 1. The second kappa shape index (κ2) is 10.8. The number of ether oxygens (including phenoxy) is 1. The first-order valence-corrected chi connectivity index (χ1v) is 14.2. The number of rotatable bonds is 9. The lowest BCUT2D eigenvalue weighted by Crippen LogP contribution is -2.13. The number of primary sulfonamides is 1. The van der Waals surface area contributed by atoms with Crippen molar-refractivity contribution in [1.29, 1.82) is 0 Å². The summed E-state index contributed by atoms with van der Waals surface area (Å²) in [6, 6.07) is 14.5. The third-order valence-electron chi connectivity index (χ3n) is 5.82. The number of thioether (sulfide) groups is 1. The Morgan fingerprint density at radius 1 is 1.14 bits per heavy atom. The van der Waals surface area contributed by atoms with Crippen molar-refractivity contribution < 1.29 is 17.9 Å². The lowest BCUT2D eigenvalue weighted by atomic mass is 10.0. The number of unbranched alkanes of at least 4 members (excludes halogenated alkanes) is 1. The van der Waals surface area contributed by atoms with Crippen LogP contribution in [0.5, 0.6) is 0 Å². The van der Waals surface area contributed by atoms with Crippen molar-refractivity contribution in [2.75, 3.05) is 12.4 Å². The van der Waals surface area contributed by atoms with Crippen molar-refractivity contribution in [3.63, 3.8) is 0 Å². The highest BCUT2D eigenvalue weighted by molar-refractivity contribution is 7.99. The predicted molar refractivity (Wildman–Crippen MR) is 139 cm³/mol.